The highest BCUT2D eigenvalue weighted by Gasteiger charge is 2.14. The Labute approximate surface area is 102 Å². The zero-order chi connectivity index (χ0) is 13.1. The molecule has 6 nitrogen and oxygen atoms in total. The molecule has 0 aliphatic carbocycles. The van der Waals surface area contributed by atoms with Gasteiger partial charge in [-0.3, -0.25) is 4.79 Å². The Morgan fingerprint density at radius 1 is 1.41 bits per heavy atom. The Bertz CT molecular complexity index is 234. The summed E-state index contributed by atoms with van der Waals surface area (Å²) in [5.74, 6) is -0.900. The molecule has 1 unspecified atom stereocenters. The largest absolute Gasteiger partial charge is 0.481 e. The summed E-state index contributed by atoms with van der Waals surface area (Å²) in [5.41, 5.74) is 0. The average molecular weight is 246 g/mol. The predicted octanol–water partition coefficient (Wildman–Crippen LogP) is 0.965. The van der Waals surface area contributed by atoms with Crippen LogP contribution in [-0.4, -0.2) is 43.4 Å². The van der Waals surface area contributed by atoms with E-state index < -0.39 is 5.97 Å². The maximum Gasteiger partial charge on any atom is 0.315 e. The Balaban J connectivity index is 3.82. The average Bonchev–Trinajstić information content (AvgIpc) is 2.24. The van der Waals surface area contributed by atoms with Gasteiger partial charge in [0.05, 0.1) is 6.42 Å². The van der Waals surface area contributed by atoms with Gasteiger partial charge in [0.1, 0.15) is 0 Å². The summed E-state index contributed by atoms with van der Waals surface area (Å²) in [6, 6.07) is -0.624. The van der Waals surface area contributed by atoms with Crippen molar-refractivity contribution in [3.8, 4) is 0 Å². The summed E-state index contributed by atoms with van der Waals surface area (Å²) in [6.45, 7) is 3.06. The van der Waals surface area contributed by atoms with Gasteiger partial charge in [-0.2, -0.15) is 0 Å². The smallest absolute Gasteiger partial charge is 0.315 e. The minimum atomic E-state index is -0.900. The number of nitrogens with one attached hydrogen (secondary N) is 2. The van der Waals surface area contributed by atoms with E-state index >= 15 is 0 Å². The van der Waals surface area contributed by atoms with Gasteiger partial charge in [-0.05, 0) is 12.8 Å². The van der Waals surface area contributed by atoms with Crippen molar-refractivity contribution in [1.29, 1.82) is 0 Å². The van der Waals surface area contributed by atoms with E-state index in [4.69, 9.17) is 9.84 Å². The Hall–Kier alpha value is -1.30. The van der Waals surface area contributed by atoms with Crippen LogP contribution >= 0.6 is 0 Å². The van der Waals surface area contributed by atoms with Crippen molar-refractivity contribution in [2.75, 3.05) is 20.3 Å². The number of amides is 2. The molecule has 0 saturated heterocycles. The van der Waals surface area contributed by atoms with Crippen LogP contribution in [0.15, 0.2) is 0 Å². The number of hydrogen-bond acceptors (Lipinski definition) is 3. The molecular weight excluding hydrogens is 224 g/mol. The monoisotopic (exact) mass is 246 g/mol. The fourth-order valence-corrected chi connectivity index (χ4v) is 1.44. The van der Waals surface area contributed by atoms with Gasteiger partial charge in [0.25, 0.3) is 0 Å². The van der Waals surface area contributed by atoms with Gasteiger partial charge in [0.15, 0.2) is 0 Å². The molecule has 0 radical (unpaired) electrons. The standard InChI is InChI=1S/C11H22N2O4/c1-3-5-9(8-10(14)15)13-11(16)12-6-4-7-17-2/h9H,3-8H2,1-2H3,(H,14,15)(H2,12,13,16). The Kier molecular flexibility index (Phi) is 9.14. The number of methoxy groups -OCH3 is 1. The molecular formula is C11H22N2O4. The number of rotatable bonds is 9. The molecule has 0 saturated carbocycles. The molecule has 100 valence electrons. The van der Waals surface area contributed by atoms with Crippen LogP contribution in [0.3, 0.4) is 0 Å². The van der Waals surface area contributed by atoms with Gasteiger partial charge in [0.2, 0.25) is 0 Å². The van der Waals surface area contributed by atoms with Crippen molar-refractivity contribution in [1.82, 2.24) is 10.6 Å². The highest BCUT2D eigenvalue weighted by atomic mass is 16.5. The maximum atomic E-state index is 11.4. The van der Waals surface area contributed by atoms with Crippen LogP contribution in [0.25, 0.3) is 0 Å². The van der Waals surface area contributed by atoms with E-state index in [1.54, 1.807) is 7.11 Å². The van der Waals surface area contributed by atoms with Gasteiger partial charge >= 0.3 is 12.0 Å². The molecule has 0 heterocycles. The van der Waals surface area contributed by atoms with Crippen LogP contribution in [0.4, 0.5) is 4.79 Å². The summed E-state index contributed by atoms with van der Waals surface area (Å²) in [5, 5.41) is 14.0. The van der Waals surface area contributed by atoms with Crippen LogP contribution in [0.2, 0.25) is 0 Å². The summed E-state index contributed by atoms with van der Waals surface area (Å²) in [4.78, 5) is 22.0. The predicted molar refractivity (Wildman–Crippen MR) is 64.0 cm³/mol. The first-order chi connectivity index (χ1) is 8.10. The quantitative estimate of drug-likeness (QED) is 0.529. The summed E-state index contributed by atoms with van der Waals surface area (Å²) >= 11 is 0. The van der Waals surface area contributed by atoms with Crippen LogP contribution in [0.5, 0.6) is 0 Å². The topological polar surface area (TPSA) is 87.7 Å². The SMILES string of the molecule is CCCC(CC(=O)O)NC(=O)NCCCOC. The number of carbonyl (C=O) groups is 2. The third-order valence-electron chi connectivity index (χ3n) is 2.20. The van der Waals surface area contributed by atoms with E-state index in [0.717, 1.165) is 12.8 Å². The van der Waals surface area contributed by atoms with Gasteiger partial charge in [-0.15, -0.1) is 0 Å². The molecule has 0 aliphatic heterocycles. The molecule has 0 fully saturated rings. The van der Waals surface area contributed by atoms with Crippen molar-refractivity contribution in [3.05, 3.63) is 0 Å². The van der Waals surface area contributed by atoms with Crippen molar-refractivity contribution in [2.24, 2.45) is 0 Å². The fourth-order valence-electron chi connectivity index (χ4n) is 1.44. The van der Waals surface area contributed by atoms with E-state index in [9.17, 15) is 9.59 Å². The van der Waals surface area contributed by atoms with Crippen LogP contribution < -0.4 is 10.6 Å². The summed E-state index contributed by atoms with van der Waals surface area (Å²) in [7, 11) is 1.60. The molecule has 17 heavy (non-hydrogen) atoms. The lowest BCUT2D eigenvalue weighted by atomic mass is 10.1. The molecule has 0 spiro atoms. The lowest BCUT2D eigenvalue weighted by Gasteiger charge is -2.16. The zero-order valence-electron chi connectivity index (χ0n) is 10.5. The van der Waals surface area contributed by atoms with Crippen LogP contribution in [0.1, 0.15) is 32.6 Å². The Morgan fingerprint density at radius 3 is 2.65 bits per heavy atom. The van der Waals surface area contributed by atoms with Crippen molar-refractivity contribution >= 4 is 12.0 Å². The van der Waals surface area contributed by atoms with E-state index in [1.165, 1.54) is 0 Å². The molecule has 0 aromatic heterocycles. The third-order valence-corrected chi connectivity index (χ3v) is 2.20. The second-order valence-corrected chi connectivity index (χ2v) is 3.83. The first-order valence-corrected chi connectivity index (χ1v) is 5.85. The number of carboxylic acid groups (broad SMARTS) is 1. The molecule has 0 aromatic carbocycles. The number of hydrogen-bond donors (Lipinski definition) is 3. The fraction of sp³-hybridized carbons (Fsp3) is 0.818. The minimum absolute atomic E-state index is 0.0423. The minimum Gasteiger partial charge on any atom is -0.481 e. The van der Waals surface area contributed by atoms with Gasteiger partial charge < -0.3 is 20.5 Å². The van der Waals surface area contributed by atoms with Crippen molar-refractivity contribution < 1.29 is 19.4 Å². The highest BCUT2D eigenvalue weighted by molar-refractivity contribution is 5.75. The van der Waals surface area contributed by atoms with Gasteiger partial charge in [0, 0.05) is 26.3 Å². The maximum absolute atomic E-state index is 11.4. The number of urea groups is 1. The third kappa shape index (κ3) is 9.62. The first kappa shape index (κ1) is 15.7. The molecule has 1 atom stereocenters. The number of carboxylic acids is 1. The van der Waals surface area contributed by atoms with Crippen LogP contribution in [-0.2, 0) is 9.53 Å². The molecule has 0 aromatic rings. The Morgan fingerprint density at radius 2 is 2.12 bits per heavy atom. The molecule has 0 rings (SSSR count). The highest BCUT2D eigenvalue weighted by Crippen LogP contribution is 2.01. The van der Waals surface area contributed by atoms with E-state index in [0.29, 0.717) is 19.6 Å². The van der Waals surface area contributed by atoms with Crippen LogP contribution in [0, 0.1) is 0 Å². The zero-order valence-corrected chi connectivity index (χ0v) is 10.5. The first-order valence-electron chi connectivity index (χ1n) is 5.85. The lowest BCUT2D eigenvalue weighted by Crippen LogP contribution is -2.43. The van der Waals surface area contributed by atoms with Gasteiger partial charge in [-0.1, -0.05) is 13.3 Å². The summed E-state index contributed by atoms with van der Waals surface area (Å²) in [6.07, 6.45) is 2.19. The molecule has 3 N–H and O–H groups in total. The second kappa shape index (κ2) is 9.89. The molecule has 0 aliphatic rings. The normalized spacial score (nSPS) is 11.9. The molecule has 6 heteroatoms. The molecule has 2 amide bonds. The van der Waals surface area contributed by atoms with Gasteiger partial charge in [-0.25, -0.2) is 4.79 Å². The van der Waals surface area contributed by atoms with E-state index in [2.05, 4.69) is 10.6 Å². The van der Waals surface area contributed by atoms with E-state index in [-0.39, 0.29) is 18.5 Å². The number of carbonyl (C=O) groups excluding carboxylic acids is 1. The van der Waals surface area contributed by atoms with Crippen molar-refractivity contribution in [2.45, 2.75) is 38.6 Å². The second-order valence-electron chi connectivity index (χ2n) is 3.83. The summed E-state index contributed by atoms with van der Waals surface area (Å²) < 4.78 is 4.85. The molecule has 0 bridgehead atoms. The van der Waals surface area contributed by atoms with Crippen molar-refractivity contribution in [3.63, 3.8) is 0 Å². The number of aliphatic carboxylic acids is 1. The van der Waals surface area contributed by atoms with E-state index in [1.807, 2.05) is 6.92 Å². The lowest BCUT2D eigenvalue weighted by molar-refractivity contribution is -0.137. The number of ether oxygens (including phenoxy) is 1.